The second-order valence-corrected chi connectivity index (χ2v) is 4.45. The SMILES string of the molecule is COc1ccc(F)c(-c2cccc(C(=O)N(C)C)n2)c1. The highest BCUT2D eigenvalue weighted by molar-refractivity contribution is 5.92. The average Bonchev–Trinajstić information content (AvgIpc) is 2.47. The minimum absolute atomic E-state index is 0.227. The minimum Gasteiger partial charge on any atom is -0.497 e. The Balaban J connectivity index is 2.48. The molecule has 1 heterocycles. The number of carbonyl (C=O) groups is 1. The van der Waals surface area contributed by atoms with Crippen LogP contribution in [-0.4, -0.2) is 37.0 Å². The van der Waals surface area contributed by atoms with E-state index in [2.05, 4.69) is 4.98 Å². The Morgan fingerprint density at radius 2 is 2.00 bits per heavy atom. The fourth-order valence-electron chi connectivity index (χ4n) is 1.76. The van der Waals surface area contributed by atoms with Gasteiger partial charge in [-0.3, -0.25) is 4.79 Å². The molecule has 0 bridgehead atoms. The van der Waals surface area contributed by atoms with E-state index in [4.69, 9.17) is 4.74 Å². The molecule has 4 nitrogen and oxygen atoms in total. The van der Waals surface area contributed by atoms with Gasteiger partial charge in [-0.15, -0.1) is 0 Å². The van der Waals surface area contributed by atoms with Gasteiger partial charge in [-0.25, -0.2) is 9.37 Å². The van der Waals surface area contributed by atoms with Gasteiger partial charge in [0.1, 0.15) is 17.3 Å². The third-order valence-electron chi connectivity index (χ3n) is 2.82. The normalized spacial score (nSPS) is 10.2. The number of carbonyl (C=O) groups excluding carboxylic acids is 1. The first kappa shape index (κ1) is 14.0. The Morgan fingerprint density at radius 3 is 2.65 bits per heavy atom. The smallest absolute Gasteiger partial charge is 0.271 e. The summed E-state index contributed by atoms with van der Waals surface area (Å²) >= 11 is 0. The molecule has 0 saturated carbocycles. The van der Waals surface area contributed by atoms with Gasteiger partial charge in [-0.05, 0) is 30.3 Å². The van der Waals surface area contributed by atoms with E-state index in [1.807, 2.05) is 0 Å². The zero-order chi connectivity index (χ0) is 14.7. The molecule has 1 amide bonds. The van der Waals surface area contributed by atoms with Gasteiger partial charge in [0, 0.05) is 19.7 Å². The molecule has 0 N–H and O–H groups in total. The maximum atomic E-state index is 13.9. The van der Waals surface area contributed by atoms with Crippen LogP contribution in [0.15, 0.2) is 36.4 Å². The van der Waals surface area contributed by atoms with Crippen LogP contribution in [0.4, 0.5) is 4.39 Å². The third kappa shape index (κ3) is 2.77. The molecule has 0 aliphatic rings. The molecular weight excluding hydrogens is 259 g/mol. The Labute approximate surface area is 116 Å². The summed E-state index contributed by atoms with van der Waals surface area (Å²) in [6.45, 7) is 0. The van der Waals surface area contributed by atoms with Gasteiger partial charge < -0.3 is 9.64 Å². The van der Waals surface area contributed by atoms with Crippen LogP contribution in [0, 0.1) is 5.82 Å². The molecule has 0 radical (unpaired) electrons. The zero-order valence-corrected chi connectivity index (χ0v) is 11.6. The average molecular weight is 274 g/mol. The van der Waals surface area contributed by atoms with Gasteiger partial charge in [0.15, 0.2) is 0 Å². The van der Waals surface area contributed by atoms with Crippen molar-refractivity contribution in [3.8, 4) is 17.0 Å². The molecule has 5 heteroatoms. The van der Waals surface area contributed by atoms with Crippen LogP contribution in [-0.2, 0) is 0 Å². The molecule has 2 aromatic rings. The summed E-state index contributed by atoms with van der Waals surface area (Å²) in [6, 6.07) is 9.34. The van der Waals surface area contributed by atoms with E-state index >= 15 is 0 Å². The highest BCUT2D eigenvalue weighted by Gasteiger charge is 2.13. The van der Waals surface area contributed by atoms with Crippen molar-refractivity contribution in [2.75, 3.05) is 21.2 Å². The summed E-state index contributed by atoms with van der Waals surface area (Å²) in [7, 11) is 4.79. The highest BCUT2D eigenvalue weighted by Crippen LogP contribution is 2.25. The van der Waals surface area contributed by atoms with Crippen LogP contribution in [0.2, 0.25) is 0 Å². The maximum absolute atomic E-state index is 13.9. The van der Waals surface area contributed by atoms with E-state index in [1.54, 1.807) is 38.4 Å². The molecule has 2 rings (SSSR count). The van der Waals surface area contributed by atoms with Crippen molar-refractivity contribution in [2.45, 2.75) is 0 Å². The number of hydrogen-bond acceptors (Lipinski definition) is 3. The molecule has 0 saturated heterocycles. The quantitative estimate of drug-likeness (QED) is 0.864. The third-order valence-corrected chi connectivity index (χ3v) is 2.82. The van der Waals surface area contributed by atoms with Gasteiger partial charge in [0.25, 0.3) is 5.91 Å². The molecule has 104 valence electrons. The largest absolute Gasteiger partial charge is 0.497 e. The van der Waals surface area contributed by atoms with Gasteiger partial charge in [0.2, 0.25) is 0 Å². The van der Waals surface area contributed by atoms with Crippen molar-refractivity contribution in [3.63, 3.8) is 0 Å². The van der Waals surface area contributed by atoms with Crippen molar-refractivity contribution in [1.82, 2.24) is 9.88 Å². The summed E-state index contributed by atoms with van der Waals surface area (Å²) in [4.78, 5) is 17.5. The number of ether oxygens (including phenoxy) is 1. The lowest BCUT2D eigenvalue weighted by Crippen LogP contribution is -2.22. The maximum Gasteiger partial charge on any atom is 0.271 e. The van der Waals surface area contributed by atoms with Crippen LogP contribution in [0.1, 0.15) is 10.5 Å². The van der Waals surface area contributed by atoms with Crippen molar-refractivity contribution in [1.29, 1.82) is 0 Å². The summed E-state index contributed by atoms with van der Waals surface area (Å²) in [5, 5.41) is 0. The Morgan fingerprint density at radius 1 is 1.25 bits per heavy atom. The molecule has 0 atom stereocenters. The van der Waals surface area contributed by atoms with Crippen LogP contribution < -0.4 is 4.74 Å². The topological polar surface area (TPSA) is 42.4 Å². The van der Waals surface area contributed by atoms with E-state index in [1.165, 1.54) is 24.1 Å². The zero-order valence-electron chi connectivity index (χ0n) is 11.6. The fourth-order valence-corrected chi connectivity index (χ4v) is 1.76. The predicted molar refractivity (Wildman–Crippen MR) is 74.2 cm³/mol. The first-order valence-electron chi connectivity index (χ1n) is 6.05. The Hall–Kier alpha value is -2.43. The number of benzene rings is 1. The molecule has 0 fully saturated rings. The van der Waals surface area contributed by atoms with E-state index in [9.17, 15) is 9.18 Å². The lowest BCUT2D eigenvalue weighted by atomic mass is 10.1. The summed E-state index contributed by atoms with van der Waals surface area (Å²) < 4.78 is 19.0. The van der Waals surface area contributed by atoms with Gasteiger partial charge >= 0.3 is 0 Å². The van der Waals surface area contributed by atoms with Crippen LogP contribution in [0.5, 0.6) is 5.75 Å². The molecule has 0 spiro atoms. The number of hydrogen-bond donors (Lipinski definition) is 0. The predicted octanol–water partition coefficient (Wildman–Crippen LogP) is 2.60. The van der Waals surface area contributed by atoms with E-state index < -0.39 is 5.82 Å². The molecule has 1 aromatic heterocycles. The first-order chi connectivity index (χ1) is 9.52. The molecule has 20 heavy (non-hydrogen) atoms. The summed E-state index contributed by atoms with van der Waals surface area (Å²) in [6.07, 6.45) is 0. The fraction of sp³-hybridized carbons (Fsp3) is 0.200. The van der Waals surface area contributed by atoms with Gasteiger partial charge in [-0.2, -0.15) is 0 Å². The standard InChI is InChI=1S/C15H15FN2O2/c1-18(2)15(19)14-6-4-5-13(17-14)11-9-10(20-3)7-8-12(11)16/h4-9H,1-3H3. The Bertz CT molecular complexity index is 642. The van der Waals surface area contributed by atoms with E-state index in [-0.39, 0.29) is 11.6 Å². The molecule has 0 aliphatic carbocycles. The number of amides is 1. The van der Waals surface area contributed by atoms with E-state index in [0.29, 0.717) is 17.0 Å². The number of methoxy groups -OCH3 is 1. The number of halogens is 1. The van der Waals surface area contributed by atoms with E-state index in [0.717, 1.165) is 0 Å². The number of pyridine rings is 1. The van der Waals surface area contributed by atoms with Crippen molar-refractivity contribution >= 4 is 5.91 Å². The first-order valence-corrected chi connectivity index (χ1v) is 6.05. The van der Waals surface area contributed by atoms with Gasteiger partial charge in [0.05, 0.1) is 12.8 Å². The van der Waals surface area contributed by atoms with Crippen molar-refractivity contribution in [2.24, 2.45) is 0 Å². The van der Waals surface area contributed by atoms with Crippen LogP contribution >= 0.6 is 0 Å². The number of nitrogens with zero attached hydrogens (tertiary/aromatic N) is 2. The monoisotopic (exact) mass is 274 g/mol. The molecule has 0 unspecified atom stereocenters. The number of aromatic nitrogens is 1. The van der Waals surface area contributed by atoms with Crippen molar-refractivity contribution < 1.29 is 13.9 Å². The van der Waals surface area contributed by atoms with Crippen molar-refractivity contribution in [3.05, 3.63) is 47.9 Å². The van der Waals surface area contributed by atoms with Crippen LogP contribution in [0.3, 0.4) is 0 Å². The van der Waals surface area contributed by atoms with Crippen LogP contribution in [0.25, 0.3) is 11.3 Å². The Kier molecular flexibility index (Phi) is 3.98. The summed E-state index contributed by atoms with van der Waals surface area (Å²) in [5.41, 5.74) is 0.974. The second kappa shape index (κ2) is 5.69. The minimum atomic E-state index is -0.409. The lowest BCUT2D eigenvalue weighted by Gasteiger charge is -2.11. The second-order valence-electron chi connectivity index (χ2n) is 4.45. The molecule has 1 aromatic carbocycles. The number of rotatable bonds is 3. The highest BCUT2D eigenvalue weighted by atomic mass is 19.1. The summed E-state index contributed by atoms with van der Waals surface area (Å²) in [5.74, 6) is -0.101. The lowest BCUT2D eigenvalue weighted by molar-refractivity contribution is 0.0822. The molecule has 0 aliphatic heterocycles. The van der Waals surface area contributed by atoms with Gasteiger partial charge in [-0.1, -0.05) is 6.07 Å². The molecular formula is C15H15FN2O2.